The molecule has 1 fully saturated rings. The number of fused-ring (bicyclic) bond motifs is 2. The molecule has 6 rings (SSSR count). The van der Waals surface area contributed by atoms with Crippen molar-refractivity contribution in [1.82, 2.24) is 14.5 Å². The maximum atomic E-state index is 11.6. The van der Waals surface area contributed by atoms with Crippen molar-refractivity contribution >= 4 is 43.8 Å². The molecule has 3 aromatic carbocycles. The fraction of sp³-hybridized carbons (Fsp3) is 0.233. The number of halogens is 1. The Morgan fingerprint density at radius 3 is 2.53 bits per heavy atom. The van der Waals surface area contributed by atoms with E-state index < -0.39 is 5.97 Å². The molecule has 36 heavy (non-hydrogen) atoms. The lowest BCUT2D eigenvalue weighted by atomic mass is 9.94. The van der Waals surface area contributed by atoms with Crippen LogP contribution in [0.25, 0.3) is 44.6 Å². The number of hydrogen-bond acceptors (Lipinski definition) is 3. The number of rotatable bonds is 4. The predicted molar refractivity (Wildman–Crippen MR) is 147 cm³/mol. The summed E-state index contributed by atoms with van der Waals surface area (Å²) in [5.74, 6) is -0.0328. The van der Waals surface area contributed by atoms with Gasteiger partial charge >= 0.3 is 5.97 Å². The lowest BCUT2D eigenvalue weighted by Gasteiger charge is -2.25. The number of carbonyl (C=O) groups is 1. The number of carboxylic acid groups (broad SMARTS) is 1. The highest BCUT2D eigenvalue weighted by Gasteiger charge is 2.23. The van der Waals surface area contributed by atoms with Gasteiger partial charge < -0.3 is 9.67 Å². The van der Waals surface area contributed by atoms with Gasteiger partial charge in [-0.3, -0.25) is 0 Å². The Morgan fingerprint density at radius 1 is 0.944 bits per heavy atom. The molecule has 1 aliphatic rings. The van der Waals surface area contributed by atoms with Gasteiger partial charge in [-0.1, -0.05) is 53.4 Å². The highest BCUT2D eigenvalue weighted by atomic mass is 79.9. The molecular formula is C30H26BrN3O2. The number of aryl methyl sites for hydroxylation is 1. The molecule has 0 unspecified atom stereocenters. The number of benzene rings is 3. The zero-order valence-corrected chi connectivity index (χ0v) is 21.6. The topological polar surface area (TPSA) is 68.0 Å². The minimum absolute atomic E-state index is 0.264. The standard InChI is InChI=1S/C30H26BrN3O2/c1-18-15-26(22-9-5-6-10-24(22)31)32-25-13-11-19(16-23(18)25)29-33-27-17-20(30(35)36)12-14-28(27)34(29)21-7-3-2-4-8-21/h5-6,9-17,21H,2-4,7-8H2,1H3,(H,35,36). The molecule has 0 radical (unpaired) electrons. The van der Waals surface area contributed by atoms with E-state index in [4.69, 9.17) is 9.97 Å². The first-order chi connectivity index (χ1) is 17.5. The van der Waals surface area contributed by atoms with Crippen molar-refractivity contribution in [2.45, 2.75) is 45.1 Å². The Labute approximate surface area is 218 Å². The normalized spacial score (nSPS) is 14.5. The molecular weight excluding hydrogens is 514 g/mol. The van der Waals surface area contributed by atoms with Crippen LogP contribution < -0.4 is 0 Å². The second-order valence-electron chi connectivity index (χ2n) is 9.64. The van der Waals surface area contributed by atoms with Gasteiger partial charge in [0.15, 0.2) is 0 Å². The van der Waals surface area contributed by atoms with Gasteiger partial charge in [0.1, 0.15) is 5.82 Å². The molecule has 0 aliphatic heterocycles. The van der Waals surface area contributed by atoms with Crippen LogP contribution in [-0.2, 0) is 0 Å². The Balaban J connectivity index is 1.52. The largest absolute Gasteiger partial charge is 0.478 e. The summed E-state index contributed by atoms with van der Waals surface area (Å²) in [6, 6.07) is 22.3. The van der Waals surface area contributed by atoms with Gasteiger partial charge in [0.2, 0.25) is 0 Å². The number of carboxylic acids is 1. The molecule has 0 bridgehead atoms. The molecule has 5 aromatic rings. The molecule has 180 valence electrons. The van der Waals surface area contributed by atoms with E-state index in [1.807, 2.05) is 24.3 Å². The second-order valence-corrected chi connectivity index (χ2v) is 10.5. The molecule has 2 heterocycles. The zero-order chi connectivity index (χ0) is 24.8. The molecule has 0 spiro atoms. The second kappa shape index (κ2) is 9.17. The summed E-state index contributed by atoms with van der Waals surface area (Å²) in [6.07, 6.45) is 5.90. The Morgan fingerprint density at radius 2 is 1.75 bits per heavy atom. The molecule has 6 heteroatoms. The molecule has 0 amide bonds. The number of pyridine rings is 1. The maximum absolute atomic E-state index is 11.6. The van der Waals surface area contributed by atoms with Gasteiger partial charge in [-0.2, -0.15) is 0 Å². The monoisotopic (exact) mass is 539 g/mol. The molecule has 0 atom stereocenters. The number of hydrogen-bond donors (Lipinski definition) is 1. The Bertz CT molecular complexity index is 1630. The molecule has 1 saturated carbocycles. The first-order valence-corrected chi connectivity index (χ1v) is 13.2. The lowest BCUT2D eigenvalue weighted by molar-refractivity contribution is 0.0697. The fourth-order valence-electron chi connectivity index (χ4n) is 5.48. The number of nitrogens with zero attached hydrogens (tertiary/aromatic N) is 3. The third-order valence-corrected chi connectivity index (χ3v) is 7.99. The van der Waals surface area contributed by atoms with Crippen molar-refractivity contribution in [1.29, 1.82) is 0 Å². The van der Waals surface area contributed by atoms with E-state index >= 15 is 0 Å². The Hall–Kier alpha value is -3.51. The van der Waals surface area contributed by atoms with Crippen molar-refractivity contribution in [3.05, 3.63) is 82.3 Å². The SMILES string of the molecule is Cc1cc(-c2ccccc2Br)nc2ccc(-c3nc4cc(C(=O)O)ccc4n3C3CCCCC3)cc12. The summed E-state index contributed by atoms with van der Waals surface area (Å²) < 4.78 is 3.37. The van der Waals surface area contributed by atoms with Crippen LogP contribution in [0.3, 0.4) is 0 Å². The maximum Gasteiger partial charge on any atom is 0.335 e. The van der Waals surface area contributed by atoms with E-state index in [9.17, 15) is 9.90 Å². The van der Waals surface area contributed by atoms with Crippen LogP contribution in [0.4, 0.5) is 0 Å². The smallest absolute Gasteiger partial charge is 0.335 e. The third kappa shape index (κ3) is 3.99. The van der Waals surface area contributed by atoms with Crippen molar-refractivity contribution in [3.8, 4) is 22.6 Å². The summed E-state index contributed by atoms with van der Waals surface area (Å²) in [5.41, 5.74) is 7.13. The van der Waals surface area contributed by atoms with E-state index in [1.165, 1.54) is 19.3 Å². The van der Waals surface area contributed by atoms with Crippen LogP contribution >= 0.6 is 15.9 Å². The summed E-state index contributed by atoms with van der Waals surface area (Å²) in [5, 5.41) is 10.6. The minimum Gasteiger partial charge on any atom is -0.478 e. The van der Waals surface area contributed by atoms with Crippen LogP contribution in [0.5, 0.6) is 0 Å². The summed E-state index contributed by atoms with van der Waals surface area (Å²) in [6.45, 7) is 2.12. The highest BCUT2D eigenvalue weighted by Crippen LogP contribution is 2.37. The quantitative estimate of drug-likeness (QED) is 0.250. The van der Waals surface area contributed by atoms with E-state index in [0.717, 1.165) is 67.5 Å². The van der Waals surface area contributed by atoms with Crippen LogP contribution in [-0.4, -0.2) is 25.6 Å². The average Bonchev–Trinajstić information content (AvgIpc) is 3.28. The summed E-state index contributed by atoms with van der Waals surface area (Å²) in [7, 11) is 0. The van der Waals surface area contributed by atoms with Crippen molar-refractivity contribution in [2.24, 2.45) is 0 Å². The van der Waals surface area contributed by atoms with Crippen LogP contribution in [0, 0.1) is 6.92 Å². The van der Waals surface area contributed by atoms with Gasteiger partial charge in [-0.25, -0.2) is 14.8 Å². The van der Waals surface area contributed by atoms with Gasteiger partial charge in [-0.15, -0.1) is 0 Å². The number of aromatic carboxylic acids is 1. The van der Waals surface area contributed by atoms with Gasteiger partial charge in [-0.05, 0) is 73.9 Å². The third-order valence-electron chi connectivity index (χ3n) is 7.30. The van der Waals surface area contributed by atoms with Crippen molar-refractivity contribution in [2.75, 3.05) is 0 Å². The van der Waals surface area contributed by atoms with E-state index in [1.54, 1.807) is 12.1 Å². The highest BCUT2D eigenvalue weighted by molar-refractivity contribution is 9.10. The molecule has 1 N–H and O–H groups in total. The van der Waals surface area contributed by atoms with Gasteiger partial charge in [0.05, 0.1) is 27.8 Å². The Kier molecular flexibility index (Phi) is 5.84. The van der Waals surface area contributed by atoms with Crippen LogP contribution in [0.2, 0.25) is 0 Å². The summed E-state index contributed by atoms with van der Waals surface area (Å²) in [4.78, 5) is 21.6. The fourth-order valence-corrected chi connectivity index (χ4v) is 5.97. The average molecular weight is 540 g/mol. The first-order valence-electron chi connectivity index (χ1n) is 12.4. The van der Waals surface area contributed by atoms with Crippen molar-refractivity contribution in [3.63, 3.8) is 0 Å². The van der Waals surface area contributed by atoms with Crippen molar-refractivity contribution < 1.29 is 9.90 Å². The zero-order valence-electron chi connectivity index (χ0n) is 20.0. The number of aromatic nitrogens is 3. The first kappa shape index (κ1) is 22.9. The van der Waals surface area contributed by atoms with E-state index in [0.29, 0.717) is 6.04 Å². The van der Waals surface area contributed by atoms with Crippen LogP contribution in [0.1, 0.15) is 54.1 Å². The van der Waals surface area contributed by atoms with Gasteiger partial charge in [0, 0.05) is 27.0 Å². The van der Waals surface area contributed by atoms with Crippen LogP contribution in [0.15, 0.2) is 71.2 Å². The lowest BCUT2D eigenvalue weighted by Crippen LogP contribution is -2.14. The summed E-state index contributed by atoms with van der Waals surface area (Å²) >= 11 is 3.65. The molecule has 2 aromatic heterocycles. The molecule has 5 nitrogen and oxygen atoms in total. The van der Waals surface area contributed by atoms with Gasteiger partial charge in [0.25, 0.3) is 0 Å². The molecule has 0 saturated heterocycles. The molecule has 1 aliphatic carbocycles. The predicted octanol–water partition coefficient (Wildman–Crippen LogP) is 8.19. The minimum atomic E-state index is -0.932. The number of imidazole rings is 1. The van der Waals surface area contributed by atoms with E-state index in [2.05, 4.69) is 57.8 Å². The van der Waals surface area contributed by atoms with E-state index in [-0.39, 0.29) is 5.56 Å².